The van der Waals surface area contributed by atoms with Gasteiger partial charge in [0.1, 0.15) is 6.10 Å². The predicted molar refractivity (Wildman–Crippen MR) is 63.5 cm³/mol. The summed E-state index contributed by atoms with van der Waals surface area (Å²) in [7, 11) is -3.41. The third-order valence-electron chi connectivity index (χ3n) is 2.53. The molecule has 0 bridgehead atoms. The molecule has 0 aromatic rings. The van der Waals surface area contributed by atoms with Crippen LogP contribution in [0.2, 0.25) is 0 Å². The van der Waals surface area contributed by atoms with E-state index in [9.17, 15) is 13.2 Å². The number of sulfonamides is 1. The number of hydrogen-bond donors (Lipinski definition) is 3. The van der Waals surface area contributed by atoms with Crippen LogP contribution >= 0.6 is 0 Å². The van der Waals surface area contributed by atoms with Crippen molar-refractivity contribution < 1.29 is 28.2 Å². The van der Waals surface area contributed by atoms with Crippen molar-refractivity contribution in [3.8, 4) is 0 Å². The van der Waals surface area contributed by atoms with Gasteiger partial charge >= 0.3 is 5.97 Å². The fraction of sp³-hybridized carbons (Fsp3) is 0.700. The molecule has 0 saturated heterocycles. The molecule has 7 nitrogen and oxygen atoms in total. The molecular formula is C10H17NO6S. The Labute approximate surface area is 106 Å². The molecule has 3 N–H and O–H groups in total. The Morgan fingerprint density at radius 3 is 2.61 bits per heavy atom. The van der Waals surface area contributed by atoms with E-state index in [0.717, 1.165) is 0 Å². The third kappa shape index (κ3) is 4.37. The van der Waals surface area contributed by atoms with Gasteiger partial charge in [-0.15, -0.1) is 0 Å². The van der Waals surface area contributed by atoms with Crippen LogP contribution < -0.4 is 4.72 Å². The maximum atomic E-state index is 11.4. The van der Waals surface area contributed by atoms with Gasteiger partial charge in [-0.25, -0.2) is 13.1 Å². The Morgan fingerprint density at radius 1 is 1.44 bits per heavy atom. The summed E-state index contributed by atoms with van der Waals surface area (Å²) in [5, 5.41) is 17.8. The van der Waals surface area contributed by atoms with E-state index in [1.807, 2.05) is 0 Å². The monoisotopic (exact) mass is 279 g/mol. The third-order valence-corrected chi connectivity index (χ3v) is 3.93. The van der Waals surface area contributed by atoms with Crippen LogP contribution in [0.15, 0.2) is 12.2 Å². The Balaban J connectivity index is 2.73. The van der Waals surface area contributed by atoms with Gasteiger partial charge in [-0.3, -0.25) is 4.79 Å². The fourth-order valence-electron chi connectivity index (χ4n) is 1.57. The Kier molecular flexibility index (Phi) is 5.27. The van der Waals surface area contributed by atoms with E-state index in [4.69, 9.17) is 14.9 Å². The van der Waals surface area contributed by atoms with Gasteiger partial charge in [0.05, 0.1) is 30.9 Å². The zero-order chi connectivity index (χ0) is 13.8. The molecular weight excluding hydrogens is 262 g/mol. The molecule has 1 aliphatic heterocycles. The molecule has 18 heavy (non-hydrogen) atoms. The van der Waals surface area contributed by atoms with Crippen molar-refractivity contribution in [1.82, 2.24) is 4.72 Å². The summed E-state index contributed by atoms with van der Waals surface area (Å²) in [4.78, 5) is 10.5. The highest BCUT2D eigenvalue weighted by molar-refractivity contribution is 7.89. The number of nitrogens with one attached hydrogen (secondary N) is 1. The van der Waals surface area contributed by atoms with Crippen LogP contribution in [-0.2, 0) is 19.6 Å². The van der Waals surface area contributed by atoms with Gasteiger partial charge in [0.2, 0.25) is 10.0 Å². The van der Waals surface area contributed by atoms with Crippen LogP contribution in [0.1, 0.15) is 13.3 Å². The molecule has 3 atom stereocenters. The lowest BCUT2D eigenvalue weighted by Crippen LogP contribution is -2.49. The molecule has 0 fully saturated rings. The summed E-state index contributed by atoms with van der Waals surface area (Å²) in [6.07, 6.45) is 1.36. The van der Waals surface area contributed by atoms with E-state index >= 15 is 0 Å². The number of aliphatic carboxylic acids is 1. The standard InChI is InChI=1S/C10H17NO6S/c1-2-18(15,16)11-8-4-3-7(5-10(13)14)17-9(8)6-12/h3-4,7-9,11-12H,2,5-6H2,1H3,(H,13,14)/t7-,8-,9+/m0/s1. The minimum atomic E-state index is -3.41. The molecule has 0 saturated carbocycles. The van der Waals surface area contributed by atoms with Crippen molar-refractivity contribution in [2.75, 3.05) is 12.4 Å². The molecule has 0 aromatic heterocycles. The average molecular weight is 279 g/mol. The Bertz CT molecular complexity index is 418. The highest BCUT2D eigenvalue weighted by atomic mass is 32.2. The van der Waals surface area contributed by atoms with Crippen LogP contribution in [-0.4, -0.2) is 55.2 Å². The van der Waals surface area contributed by atoms with Crippen LogP contribution in [0.3, 0.4) is 0 Å². The van der Waals surface area contributed by atoms with Gasteiger partial charge in [-0.1, -0.05) is 12.2 Å². The second-order valence-electron chi connectivity index (χ2n) is 3.93. The number of carboxylic acid groups (broad SMARTS) is 1. The van der Waals surface area contributed by atoms with Gasteiger partial charge in [-0.05, 0) is 6.92 Å². The lowest BCUT2D eigenvalue weighted by Gasteiger charge is -2.31. The molecule has 0 aromatic carbocycles. The SMILES string of the molecule is CCS(=O)(=O)N[C@H]1C=C[C@@H](CC(=O)O)O[C@@H]1CO. The molecule has 0 aliphatic carbocycles. The Hall–Kier alpha value is -0.960. The largest absolute Gasteiger partial charge is 0.481 e. The normalized spacial score (nSPS) is 28.2. The van der Waals surface area contributed by atoms with Crippen molar-refractivity contribution in [1.29, 1.82) is 0 Å². The van der Waals surface area contributed by atoms with Crippen molar-refractivity contribution in [3.05, 3.63) is 12.2 Å². The number of hydrogen-bond acceptors (Lipinski definition) is 5. The maximum absolute atomic E-state index is 11.4. The van der Waals surface area contributed by atoms with Crippen LogP contribution in [0, 0.1) is 0 Å². The number of carbonyl (C=O) groups is 1. The van der Waals surface area contributed by atoms with Gasteiger partial charge in [0.25, 0.3) is 0 Å². The first-order valence-electron chi connectivity index (χ1n) is 5.54. The number of aliphatic hydroxyl groups excluding tert-OH is 1. The van der Waals surface area contributed by atoms with E-state index in [1.54, 1.807) is 0 Å². The van der Waals surface area contributed by atoms with Crippen LogP contribution in [0.25, 0.3) is 0 Å². The smallest absolute Gasteiger partial charge is 0.306 e. The molecule has 1 heterocycles. The minimum Gasteiger partial charge on any atom is -0.481 e. The molecule has 8 heteroatoms. The zero-order valence-corrected chi connectivity index (χ0v) is 10.8. The number of carboxylic acids is 1. The number of aliphatic hydroxyl groups is 1. The Morgan fingerprint density at radius 2 is 2.11 bits per heavy atom. The first kappa shape index (κ1) is 15.1. The van der Waals surface area contributed by atoms with Crippen molar-refractivity contribution in [2.24, 2.45) is 0 Å². The van der Waals surface area contributed by atoms with Crippen LogP contribution in [0.4, 0.5) is 0 Å². The fourth-order valence-corrected chi connectivity index (χ4v) is 2.38. The minimum absolute atomic E-state index is 0.0754. The van der Waals surface area contributed by atoms with Crippen molar-refractivity contribution in [2.45, 2.75) is 31.6 Å². The summed E-state index contributed by atoms with van der Waals surface area (Å²) < 4.78 is 30.5. The van der Waals surface area contributed by atoms with Gasteiger partial charge in [-0.2, -0.15) is 0 Å². The van der Waals surface area contributed by atoms with Gasteiger partial charge < -0.3 is 14.9 Å². The van der Waals surface area contributed by atoms with Gasteiger partial charge in [0, 0.05) is 0 Å². The highest BCUT2D eigenvalue weighted by Crippen LogP contribution is 2.16. The van der Waals surface area contributed by atoms with Gasteiger partial charge in [0.15, 0.2) is 0 Å². The lowest BCUT2D eigenvalue weighted by atomic mass is 10.1. The first-order chi connectivity index (χ1) is 8.38. The van der Waals surface area contributed by atoms with Crippen LogP contribution in [0.5, 0.6) is 0 Å². The molecule has 0 unspecified atom stereocenters. The van der Waals surface area contributed by atoms with E-state index in [1.165, 1.54) is 19.1 Å². The molecule has 104 valence electrons. The van der Waals surface area contributed by atoms with Crippen molar-refractivity contribution >= 4 is 16.0 Å². The molecule has 0 spiro atoms. The zero-order valence-electron chi connectivity index (χ0n) is 9.94. The maximum Gasteiger partial charge on any atom is 0.306 e. The molecule has 0 amide bonds. The summed E-state index contributed by atoms with van der Waals surface area (Å²) in [6.45, 7) is 1.11. The summed E-state index contributed by atoms with van der Waals surface area (Å²) in [6, 6.07) is -0.676. The number of rotatable bonds is 6. The summed E-state index contributed by atoms with van der Waals surface area (Å²) >= 11 is 0. The topological polar surface area (TPSA) is 113 Å². The summed E-state index contributed by atoms with van der Waals surface area (Å²) in [5.41, 5.74) is 0. The second-order valence-corrected chi connectivity index (χ2v) is 5.97. The summed E-state index contributed by atoms with van der Waals surface area (Å²) in [5.74, 6) is -1.09. The lowest BCUT2D eigenvalue weighted by molar-refractivity contribution is -0.141. The molecule has 1 rings (SSSR count). The van der Waals surface area contributed by atoms with E-state index in [0.29, 0.717) is 0 Å². The number of ether oxygens (including phenoxy) is 1. The molecule has 0 radical (unpaired) electrons. The quantitative estimate of drug-likeness (QED) is 0.542. The van der Waals surface area contributed by atoms with E-state index < -0.39 is 40.8 Å². The highest BCUT2D eigenvalue weighted by Gasteiger charge is 2.30. The van der Waals surface area contributed by atoms with E-state index in [-0.39, 0.29) is 12.2 Å². The molecule has 1 aliphatic rings. The average Bonchev–Trinajstić information content (AvgIpc) is 2.30. The van der Waals surface area contributed by atoms with Crippen molar-refractivity contribution in [3.63, 3.8) is 0 Å². The second kappa shape index (κ2) is 6.28. The predicted octanol–water partition coefficient (Wildman–Crippen LogP) is -0.915. The van der Waals surface area contributed by atoms with E-state index in [2.05, 4.69) is 4.72 Å². The first-order valence-corrected chi connectivity index (χ1v) is 7.19.